The van der Waals surface area contributed by atoms with Crippen molar-refractivity contribution in [2.45, 2.75) is 13.1 Å². The number of thiazole rings is 1. The molecule has 7 nitrogen and oxygen atoms in total. The van der Waals surface area contributed by atoms with Crippen LogP contribution in [0.15, 0.2) is 72.2 Å². The first-order valence-corrected chi connectivity index (χ1v) is 11.8. The molecule has 2 aromatic heterocycles. The van der Waals surface area contributed by atoms with Gasteiger partial charge in [0.05, 0.1) is 25.5 Å². The van der Waals surface area contributed by atoms with Crippen molar-refractivity contribution >= 4 is 23.1 Å². The summed E-state index contributed by atoms with van der Waals surface area (Å²) in [6, 6.07) is 19.5. The van der Waals surface area contributed by atoms with E-state index in [0.717, 1.165) is 35.2 Å². The average molecular weight is 460 g/mol. The van der Waals surface area contributed by atoms with Gasteiger partial charge in [0, 0.05) is 42.8 Å². The summed E-state index contributed by atoms with van der Waals surface area (Å²) in [6.45, 7) is 4.14. The molecule has 0 unspecified atom stereocenters. The number of aromatic hydroxyl groups is 1. The summed E-state index contributed by atoms with van der Waals surface area (Å²) in [6.07, 6.45) is 1.83. The molecule has 1 fully saturated rings. The zero-order valence-corrected chi connectivity index (χ0v) is 19.0. The van der Waals surface area contributed by atoms with Crippen LogP contribution in [-0.4, -0.2) is 46.4 Å². The average Bonchev–Trinajstić information content (AvgIpc) is 3.38. The van der Waals surface area contributed by atoms with Crippen molar-refractivity contribution in [2.24, 2.45) is 0 Å². The summed E-state index contributed by atoms with van der Waals surface area (Å²) >= 11 is 1.64. The van der Waals surface area contributed by atoms with E-state index in [1.807, 2.05) is 48.0 Å². The second kappa shape index (κ2) is 9.97. The second-order valence-corrected chi connectivity index (χ2v) is 8.81. The van der Waals surface area contributed by atoms with Crippen molar-refractivity contribution in [1.82, 2.24) is 15.0 Å². The van der Waals surface area contributed by atoms with Gasteiger partial charge in [-0.1, -0.05) is 42.5 Å². The minimum atomic E-state index is 0.213. The third-order valence-electron chi connectivity index (χ3n) is 5.49. The largest absolute Gasteiger partial charge is 0.508 e. The van der Waals surface area contributed by atoms with Crippen molar-refractivity contribution in [2.75, 3.05) is 36.1 Å². The SMILES string of the molecule is Oc1cccc(-c2cc(N(Cc3ccccc3)Cc3nccs3)nc(N3CCOCC3)n2)c1. The standard InChI is InChI=1S/C25H25N5O2S/c31-21-8-4-7-20(15-21)22-16-23(28-25(27-22)29-10-12-32-13-11-29)30(18-24-26-9-14-33-24)17-19-5-2-1-3-6-19/h1-9,14-16,31H,10-13,17-18H2. The Morgan fingerprint density at radius 1 is 0.970 bits per heavy atom. The van der Waals surface area contributed by atoms with Gasteiger partial charge in [0.25, 0.3) is 0 Å². The number of rotatable bonds is 7. The predicted molar refractivity (Wildman–Crippen MR) is 131 cm³/mol. The number of phenolic OH excluding ortho intramolecular Hbond substituents is 1. The predicted octanol–water partition coefficient (Wildman–Crippen LogP) is 4.35. The molecule has 5 rings (SSSR count). The van der Waals surface area contributed by atoms with Gasteiger partial charge in [-0.2, -0.15) is 4.98 Å². The van der Waals surface area contributed by atoms with E-state index in [4.69, 9.17) is 14.7 Å². The first kappa shape index (κ1) is 21.4. The number of hydrogen-bond donors (Lipinski definition) is 1. The number of anilines is 2. The van der Waals surface area contributed by atoms with Crippen molar-refractivity contribution in [3.63, 3.8) is 0 Å². The molecule has 3 heterocycles. The van der Waals surface area contributed by atoms with E-state index < -0.39 is 0 Å². The Morgan fingerprint density at radius 3 is 2.58 bits per heavy atom. The first-order chi connectivity index (χ1) is 16.2. The molecular weight excluding hydrogens is 434 g/mol. The number of morpholine rings is 1. The van der Waals surface area contributed by atoms with Crippen LogP contribution in [0, 0.1) is 0 Å². The Balaban J connectivity index is 1.58. The number of nitrogens with zero attached hydrogens (tertiary/aromatic N) is 5. The van der Waals surface area contributed by atoms with Gasteiger partial charge in [0.1, 0.15) is 16.6 Å². The van der Waals surface area contributed by atoms with Crippen LogP contribution in [0.1, 0.15) is 10.6 Å². The first-order valence-electron chi connectivity index (χ1n) is 10.9. The molecule has 33 heavy (non-hydrogen) atoms. The number of benzene rings is 2. The van der Waals surface area contributed by atoms with Crippen LogP contribution in [0.3, 0.4) is 0 Å². The molecular formula is C25H25N5O2S. The summed E-state index contributed by atoms with van der Waals surface area (Å²) in [5.74, 6) is 1.71. The van der Waals surface area contributed by atoms with Gasteiger partial charge in [-0.3, -0.25) is 0 Å². The highest BCUT2D eigenvalue weighted by Gasteiger charge is 2.20. The Bertz CT molecular complexity index is 1180. The van der Waals surface area contributed by atoms with E-state index in [2.05, 4.69) is 26.9 Å². The lowest BCUT2D eigenvalue weighted by Crippen LogP contribution is -2.37. The van der Waals surface area contributed by atoms with Crippen LogP contribution < -0.4 is 9.80 Å². The minimum absolute atomic E-state index is 0.213. The van der Waals surface area contributed by atoms with Crippen LogP contribution in [-0.2, 0) is 17.8 Å². The molecule has 1 N–H and O–H groups in total. The summed E-state index contributed by atoms with van der Waals surface area (Å²) in [4.78, 5) is 18.7. The Morgan fingerprint density at radius 2 is 1.82 bits per heavy atom. The molecule has 2 aromatic carbocycles. The molecule has 4 aromatic rings. The molecule has 8 heteroatoms. The molecule has 0 atom stereocenters. The van der Waals surface area contributed by atoms with E-state index in [9.17, 15) is 5.11 Å². The van der Waals surface area contributed by atoms with Gasteiger partial charge in [0.15, 0.2) is 0 Å². The number of aromatic nitrogens is 3. The topological polar surface area (TPSA) is 74.6 Å². The number of phenols is 1. The van der Waals surface area contributed by atoms with E-state index >= 15 is 0 Å². The van der Waals surface area contributed by atoms with Crippen LogP contribution in [0.5, 0.6) is 5.75 Å². The monoisotopic (exact) mass is 459 g/mol. The van der Waals surface area contributed by atoms with Crippen LogP contribution in [0.2, 0.25) is 0 Å². The molecule has 0 amide bonds. The molecule has 168 valence electrons. The zero-order valence-electron chi connectivity index (χ0n) is 18.2. The normalized spacial score (nSPS) is 13.8. The van der Waals surface area contributed by atoms with Crippen molar-refractivity contribution in [3.05, 3.63) is 82.8 Å². The lowest BCUT2D eigenvalue weighted by atomic mass is 10.1. The van der Waals surface area contributed by atoms with Gasteiger partial charge in [-0.15, -0.1) is 11.3 Å². The summed E-state index contributed by atoms with van der Waals surface area (Å²) < 4.78 is 5.53. The minimum Gasteiger partial charge on any atom is -0.508 e. The number of ether oxygens (including phenoxy) is 1. The number of hydrogen-bond acceptors (Lipinski definition) is 8. The Hall–Kier alpha value is -3.49. The second-order valence-electron chi connectivity index (χ2n) is 7.83. The third-order valence-corrected chi connectivity index (χ3v) is 6.25. The quantitative estimate of drug-likeness (QED) is 0.440. The Labute approximate surface area is 197 Å². The highest BCUT2D eigenvalue weighted by molar-refractivity contribution is 7.09. The van der Waals surface area contributed by atoms with Crippen molar-refractivity contribution in [1.29, 1.82) is 0 Å². The van der Waals surface area contributed by atoms with Gasteiger partial charge in [0.2, 0.25) is 5.95 Å². The fraction of sp³-hybridized carbons (Fsp3) is 0.240. The van der Waals surface area contributed by atoms with E-state index in [1.165, 1.54) is 5.56 Å². The van der Waals surface area contributed by atoms with Crippen molar-refractivity contribution in [3.8, 4) is 17.0 Å². The molecule has 0 spiro atoms. The van der Waals surface area contributed by atoms with E-state index in [1.54, 1.807) is 23.5 Å². The molecule has 0 aliphatic carbocycles. The Kier molecular flexibility index (Phi) is 6.46. The molecule has 0 bridgehead atoms. The zero-order chi connectivity index (χ0) is 22.5. The van der Waals surface area contributed by atoms with E-state index in [0.29, 0.717) is 32.3 Å². The van der Waals surface area contributed by atoms with Gasteiger partial charge >= 0.3 is 0 Å². The van der Waals surface area contributed by atoms with Crippen LogP contribution >= 0.6 is 11.3 Å². The fourth-order valence-corrected chi connectivity index (χ4v) is 4.45. The smallest absolute Gasteiger partial charge is 0.228 e. The fourth-order valence-electron chi connectivity index (χ4n) is 3.82. The molecule has 1 saturated heterocycles. The molecule has 1 aliphatic heterocycles. The lowest BCUT2D eigenvalue weighted by molar-refractivity contribution is 0.122. The lowest BCUT2D eigenvalue weighted by Gasteiger charge is -2.29. The van der Waals surface area contributed by atoms with Crippen LogP contribution in [0.25, 0.3) is 11.3 Å². The molecule has 1 aliphatic rings. The van der Waals surface area contributed by atoms with Crippen LogP contribution in [0.4, 0.5) is 11.8 Å². The maximum absolute atomic E-state index is 10.0. The molecule has 0 saturated carbocycles. The maximum Gasteiger partial charge on any atom is 0.228 e. The van der Waals surface area contributed by atoms with Gasteiger partial charge in [-0.25, -0.2) is 9.97 Å². The maximum atomic E-state index is 10.0. The third kappa shape index (κ3) is 5.30. The summed E-state index contributed by atoms with van der Waals surface area (Å²) in [5.41, 5.74) is 2.82. The van der Waals surface area contributed by atoms with Gasteiger partial charge < -0.3 is 19.6 Å². The van der Waals surface area contributed by atoms with Gasteiger partial charge in [-0.05, 0) is 17.7 Å². The summed E-state index contributed by atoms with van der Waals surface area (Å²) in [7, 11) is 0. The van der Waals surface area contributed by atoms with Crippen molar-refractivity contribution < 1.29 is 9.84 Å². The highest BCUT2D eigenvalue weighted by Crippen LogP contribution is 2.29. The van der Waals surface area contributed by atoms with E-state index in [-0.39, 0.29) is 5.75 Å². The highest BCUT2D eigenvalue weighted by atomic mass is 32.1. The summed E-state index contributed by atoms with van der Waals surface area (Å²) in [5, 5.41) is 13.1. The molecule has 0 radical (unpaired) electrons.